The Morgan fingerprint density at radius 3 is 2.92 bits per heavy atom. The third-order valence-corrected chi connectivity index (χ3v) is 1.44. The number of hydrogen-bond acceptors (Lipinski definition) is 3. The fourth-order valence-corrected chi connectivity index (χ4v) is 0.774. The van der Waals surface area contributed by atoms with Crippen LogP contribution < -0.4 is 5.32 Å². The number of aromatic amines is 1. The molecule has 5 heteroatoms. The average molecular weight is 183 g/mol. The molecule has 0 saturated heterocycles. The van der Waals surface area contributed by atoms with Crippen LogP contribution in [0.3, 0.4) is 0 Å². The van der Waals surface area contributed by atoms with Gasteiger partial charge in [-0.3, -0.25) is 9.89 Å². The van der Waals surface area contributed by atoms with Gasteiger partial charge in [-0.1, -0.05) is 0 Å². The van der Waals surface area contributed by atoms with Gasteiger partial charge in [-0.05, 0) is 13.8 Å². The van der Waals surface area contributed by atoms with Gasteiger partial charge in [0.25, 0.3) is 5.91 Å². The number of carbonyl (C=O) groups is 1. The van der Waals surface area contributed by atoms with Gasteiger partial charge in [0.05, 0.1) is 17.4 Å². The predicted molar refractivity (Wildman–Crippen MR) is 47.2 cm³/mol. The van der Waals surface area contributed by atoms with E-state index in [0.717, 1.165) is 0 Å². The summed E-state index contributed by atoms with van der Waals surface area (Å²) in [7, 11) is 0. The molecule has 72 valence electrons. The Bertz CT molecular complexity index is 274. The minimum absolute atomic E-state index is 0.219. The number of hydrogen-bond donors (Lipinski definition) is 3. The van der Waals surface area contributed by atoms with Crippen molar-refractivity contribution < 1.29 is 9.90 Å². The number of amides is 1. The van der Waals surface area contributed by atoms with Crippen molar-refractivity contribution in [2.75, 3.05) is 6.54 Å². The van der Waals surface area contributed by atoms with Crippen LogP contribution in [-0.2, 0) is 0 Å². The lowest BCUT2D eigenvalue weighted by Crippen LogP contribution is -2.38. The molecule has 0 aliphatic rings. The molecule has 1 aromatic rings. The molecule has 1 amide bonds. The van der Waals surface area contributed by atoms with Crippen molar-refractivity contribution in [3.05, 3.63) is 18.0 Å². The SMILES string of the molecule is CC(C)(O)CNC(=O)c1cn[nH]c1. The van der Waals surface area contributed by atoms with E-state index in [4.69, 9.17) is 0 Å². The number of rotatable bonds is 3. The predicted octanol–water partition coefficient (Wildman–Crippen LogP) is -0.0896. The highest BCUT2D eigenvalue weighted by atomic mass is 16.3. The van der Waals surface area contributed by atoms with Gasteiger partial charge >= 0.3 is 0 Å². The number of nitrogens with one attached hydrogen (secondary N) is 2. The molecule has 0 aliphatic heterocycles. The molecule has 1 heterocycles. The first-order valence-corrected chi connectivity index (χ1v) is 3.98. The summed E-state index contributed by atoms with van der Waals surface area (Å²) in [5.41, 5.74) is -0.427. The smallest absolute Gasteiger partial charge is 0.254 e. The molecule has 3 N–H and O–H groups in total. The number of H-pyrrole nitrogens is 1. The van der Waals surface area contributed by atoms with Crippen molar-refractivity contribution in [3.8, 4) is 0 Å². The number of carbonyl (C=O) groups excluding carboxylic acids is 1. The zero-order valence-corrected chi connectivity index (χ0v) is 7.66. The van der Waals surface area contributed by atoms with Crippen LogP contribution in [0, 0.1) is 0 Å². The van der Waals surface area contributed by atoms with E-state index in [1.165, 1.54) is 12.4 Å². The molecule has 0 bridgehead atoms. The van der Waals surface area contributed by atoms with Crippen LogP contribution in [0.15, 0.2) is 12.4 Å². The van der Waals surface area contributed by atoms with Crippen molar-refractivity contribution in [3.63, 3.8) is 0 Å². The second-order valence-corrected chi connectivity index (χ2v) is 3.48. The van der Waals surface area contributed by atoms with E-state index in [-0.39, 0.29) is 12.5 Å². The molecule has 1 aromatic heterocycles. The first-order chi connectivity index (χ1) is 5.99. The van der Waals surface area contributed by atoms with E-state index in [2.05, 4.69) is 15.5 Å². The standard InChI is InChI=1S/C8H13N3O2/c1-8(2,13)5-9-7(12)6-3-10-11-4-6/h3-4,13H,5H2,1-2H3,(H,9,12)(H,10,11). The van der Waals surface area contributed by atoms with Crippen molar-refractivity contribution in [2.45, 2.75) is 19.4 Å². The summed E-state index contributed by atoms with van der Waals surface area (Å²) in [5.74, 6) is -0.240. The van der Waals surface area contributed by atoms with E-state index < -0.39 is 5.60 Å². The van der Waals surface area contributed by atoms with Gasteiger partial charge in [-0.25, -0.2) is 0 Å². The van der Waals surface area contributed by atoms with Gasteiger partial charge in [0.2, 0.25) is 0 Å². The van der Waals surface area contributed by atoms with Gasteiger partial charge in [0, 0.05) is 12.7 Å². The van der Waals surface area contributed by atoms with E-state index in [9.17, 15) is 9.90 Å². The Morgan fingerprint density at radius 1 is 1.77 bits per heavy atom. The Balaban J connectivity index is 2.44. The molecule has 0 unspecified atom stereocenters. The van der Waals surface area contributed by atoms with Crippen LogP contribution in [0.5, 0.6) is 0 Å². The van der Waals surface area contributed by atoms with E-state index >= 15 is 0 Å². The zero-order valence-electron chi connectivity index (χ0n) is 7.66. The number of nitrogens with zero attached hydrogens (tertiary/aromatic N) is 1. The summed E-state index contributed by atoms with van der Waals surface area (Å²) < 4.78 is 0. The normalized spacial score (nSPS) is 11.3. The monoisotopic (exact) mass is 183 g/mol. The van der Waals surface area contributed by atoms with Gasteiger partial charge < -0.3 is 10.4 Å². The highest BCUT2D eigenvalue weighted by Crippen LogP contribution is 1.99. The minimum atomic E-state index is -0.889. The van der Waals surface area contributed by atoms with Crippen molar-refractivity contribution in [2.24, 2.45) is 0 Å². The molecule has 0 saturated carbocycles. The molecule has 0 spiro atoms. The van der Waals surface area contributed by atoms with Gasteiger partial charge in [0.1, 0.15) is 0 Å². The van der Waals surface area contributed by atoms with Gasteiger partial charge in [-0.15, -0.1) is 0 Å². The summed E-state index contributed by atoms with van der Waals surface area (Å²) in [4.78, 5) is 11.3. The second-order valence-electron chi connectivity index (χ2n) is 3.48. The topological polar surface area (TPSA) is 78.0 Å². The quantitative estimate of drug-likeness (QED) is 0.612. The summed E-state index contributed by atoms with van der Waals surface area (Å²) in [6.45, 7) is 3.47. The van der Waals surface area contributed by atoms with Crippen molar-refractivity contribution in [1.82, 2.24) is 15.5 Å². The fourth-order valence-electron chi connectivity index (χ4n) is 0.774. The first kappa shape index (κ1) is 9.73. The maximum Gasteiger partial charge on any atom is 0.254 e. The average Bonchev–Trinajstić information content (AvgIpc) is 2.50. The first-order valence-electron chi connectivity index (χ1n) is 3.98. The number of aromatic nitrogens is 2. The molecule has 0 atom stereocenters. The van der Waals surface area contributed by atoms with Crippen molar-refractivity contribution >= 4 is 5.91 Å². The van der Waals surface area contributed by atoms with Crippen LogP contribution in [0.4, 0.5) is 0 Å². The molecule has 0 radical (unpaired) electrons. The second kappa shape index (κ2) is 3.57. The lowest BCUT2D eigenvalue weighted by atomic mass is 10.1. The van der Waals surface area contributed by atoms with Crippen LogP contribution in [0.2, 0.25) is 0 Å². The molecular formula is C8H13N3O2. The third kappa shape index (κ3) is 3.25. The van der Waals surface area contributed by atoms with Crippen LogP contribution in [0.25, 0.3) is 0 Å². The third-order valence-electron chi connectivity index (χ3n) is 1.44. The van der Waals surface area contributed by atoms with E-state index in [0.29, 0.717) is 5.56 Å². The molecule has 5 nitrogen and oxygen atoms in total. The Morgan fingerprint density at radius 2 is 2.46 bits per heavy atom. The van der Waals surface area contributed by atoms with Gasteiger partial charge in [0.15, 0.2) is 0 Å². The summed E-state index contributed by atoms with van der Waals surface area (Å²) in [5, 5.41) is 18.1. The zero-order chi connectivity index (χ0) is 9.90. The highest BCUT2D eigenvalue weighted by Gasteiger charge is 2.14. The van der Waals surface area contributed by atoms with E-state index in [1.54, 1.807) is 13.8 Å². The molecule has 1 rings (SSSR count). The van der Waals surface area contributed by atoms with E-state index in [1.807, 2.05) is 0 Å². The largest absolute Gasteiger partial charge is 0.389 e. The van der Waals surface area contributed by atoms with Crippen molar-refractivity contribution in [1.29, 1.82) is 0 Å². The lowest BCUT2D eigenvalue weighted by molar-refractivity contribution is 0.0694. The Labute approximate surface area is 76.2 Å². The number of aliphatic hydroxyl groups is 1. The molecule has 13 heavy (non-hydrogen) atoms. The summed E-state index contributed by atoms with van der Waals surface area (Å²) in [6, 6.07) is 0. The molecular weight excluding hydrogens is 170 g/mol. The Hall–Kier alpha value is -1.36. The van der Waals surface area contributed by atoms with Crippen LogP contribution in [0.1, 0.15) is 24.2 Å². The Kier molecular flexibility index (Phi) is 2.67. The van der Waals surface area contributed by atoms with Crippen LogP contribution >= 0.6 is 0 Å². The molecule has 0 fully saturated rings. The summed E-state index contributed by atoms with van der Waals surface area (Å²) >= 11 is 0. The maximum absolute atomic E-state index is 11.3. The van der Waals surface area contributed by atoms with Gasteiger partial charge in [-0.2, -0.15) is 5.10 Å². The van der Waals surface area contributed by atoms with Crippen LogP contribution in [-0.4, -0.2) is 33.4 Å². The molecule has 0 aliphatic carbocycles. The molecule has 0 aromatic carbocycles. The maximum atomic E-state index is 11.3. The fraction of sp³-hybridized carbons (Fsp3) is 0.500. The minimum Gasteiger partial charge on any atom is -0.389 e. The summed E-state index contributed by atoms with van der Waals surface area (Å²) in [6.07, 6.45) is 2.93. The highest BCUT2D eigenvalue weighted by molar-refractivity contribution is 5.93. The lowest BCUT2D eigenvalue weighted by Gasteiger charge is -2.16.